The van der Waals surface area contributed by atoms with Crippen LogP contribution < -0.4 is 11.2 Å². The number of halogens is 1. The van der Waals surface area contributed by atoms with Crippen LogP contribution in [0.1, 0.15) is 23.2 Å². The van der Waals surface area contributed by atoms with Gasteiger partial charge in [0.15, 0.2) is 0 Å². The van der Waals surface area contributed by atoms with Gasteiger partial charge in [-0.1, -0.05) is 6.07 Å². The molecule has 0 amide bonds. The lowest BCUT2D eigenvalue weighted by atomic mass is 10.2. The van der Waals surface area contributed by atoms with E-state index in [2.05, 4.69) is 4.98 Å². The van der Waals surface area contributed by atoms with Crippen molar-refractivity contribution >= 4 is 0 Å². The molecule has 1 aromatic heterocycles. The number of rotatable bonds is 1. The Hall–Kier alpha value is -2.17. The third-order valence-corrected chi connectivity index (χ3v) is 3.48. The molecule has 0 aliphatic heterocycles. The molecule has 2 aromatic rings. The van der Waals surface area contributed by atoms with Gasteiger partial charge in [0.05, 0.1) is 5.69 Å². The van der Waals surface area contributed by atoms with Crippen LogP contribution in [-0.2, 0) is 12.8 Å². The molecule has 19 heavy (non-hydrogen) atoms. The van der Waals surface area contributed by atoms with E-state index in [9.17, 15) is 14.0 Å². The van der Waals surface area contributed by atoms with Crippen molar-refractivity contribution in [2.24, 2.45) is 0 Å². The Morgan fingerprint density at radius 1 is 1.26 bits per heavy atom. The zero-order valence-corrected chi connectivity index (χ0v) is 10.5. The normalized spacial score (nSPS) is 13.6. The first-order valence-electron chi connectivity index (χ1n) is 6.21. The fraction of sp³-hybridized carbons (Fsp3) is 0.286. The molecule has 1 aliphatic carbocycles. The highest BCUT2D eigenvalue weighted by Gasteiger charge is 2.20. The maximum atomic E-state index is 13.9. The molecule has 0 spiro atoms. The molecule has 1 aliphatic rings. The lowest BCUT2D eigenvalue weighted by Gasteiger charge is -2.09. The lowest BCUT2D eigenvalue weighted by Crippen LogP contribution is -2.36. The van der Waals surface area contributed by atoms with Crippen molar-refractivity contribution in [3.8, 4) is 5.69 Å². The van der Waals surface area contributed by atoms with Crippen LogP contribution in [-0.4, -0.2) is 9.55 Å². The summed E-state index contributed by atoms with van der Waals surface area (Å²) < 4.78 is 14.7. The zero-order chi connectivity index (χ0) is 13.6. The predicted molar refractivity (Wildman–Crippen MR) is 69.4 cm³/mol. The fourth-order valence-corrected chi connectivity index (χ4v) is 2.54. The van der Waals surface area contributed by atoms with E-state index >= 15 is 0 Å². The number of benzene rings is 1. The number of H-pyrrole nitrogens is 1. The molecule has 0 unspecified atom stereocenters. The van der Waals surface area contributed by atoms with Crippen molar-refractivity contribution in [2.45, 2.75) is 26.2 Å². The second-order valence-electron chi connectivity index (χ2n) is 4.84. The van der Waals surface area contributed by atoms with Gasteiger partial charge in [0, 0.05) is 11.3 Å². The van der Waals surface area contributed by atoms with E-state index in [1.165, 1.54) is 12.1 Å². The first kappa shape index (κ1) is 11.9. The fourth-order valence-electron chi connectivity index (χ4n) is 2.54. The molecule has 0 fully saturated rings. The third-order valence-electron chi connectivity index (χ3n) is 3.48. The maximum Gasteiger partial charge on any atom is 0.333 e. The van der Waals surface area contributed by atoms with Crippen molar-refractivity contribution < 1.29 is 4.39 Å². The van der Waals surface area contributed by atoms with E-state index in [1.54, 1.807) is 13.0 Å². The molecule has 3 rings (SSSR count). The number of hydrogen-bond acceptors (Lipinski definition) is 2. The monoisotopic (exact) mass is 260 g/mol. The largest absolute Gasteiger partial charge is 0.333 e. The van der Waals surface area contributed by atoms with E-state index < -0.39 is 17.1 Å². The Labute approximate surface area is 108 Å². The van der Waals surface area contributed by atoms with Gasteiger partial charge in [0.1, 0.15) is 5.82 Å². The Kier molecular flexibility index (Phi) is 2.62. The molecule has 5 heteroatoms. The molecule has 1 heterocycles. The number of nitrogens with zero attached hydrogens (tertiary/aromatic N) is 1. The molecule has 98 valence electrons. The average Bonchev–Trinajstić information content (AvgIpc) is 2.82. The summed E-state index contributed by atoms with van der Waals surface area (Å²) in [6, 6.07) is 4.38. The zero-order valence-electron chi connectivity index (χ0n) is 10.5. The third kappa shape index (κ3) is 1.82. The summed E-state index contributed by atoms with van der Waals surface area (Å²) in [6.45, 7) is 1.79. The van der Waals surface area contributed by atoms with Gasteiger partial charge in [-0.15, -0.1) is 0 Å². The topological polar surface area (TPSA) is 54.9 Å². The first-order chi connectivity index (χ1) is 9.08. The smallest absolute Gasteiger partial charge is 0.310 e. The minimum Gasteiger partial charge on any atom is -0.310 e. The molecule has 0 saturated heterocycles. The maximum absolute atomic E-state index is 13.9. The van der Waals surface area contributed by atoms with Crippen molar-refractivity contribution in [1.29, 1.82) is 0 Å². The van der Waals surface area contributed by atoms with Crippen molar-refractivity contribution in [3.05, 3.63) is 61.7 Å². The van der Waals surface area contributed by atoms with E-state index in [-0.39, 0.29) is 5.69 Å². The second kappa shape index (κ2) is 4.19. The number of aryl methyl sites for hydroxylation is 2. The van der Waals surface area contributed by atoms with E-state index in [4.69, 9.17) is 0 Å². The van der Waals surface area contributed by atoms with Crippen molar-refractivity contribution in [1.82, 2.24) is 9.55 Å². The average molecular weight is 260 g/mol. The van der Waals surface area contributed by atoms with Gasteiger partial charge in [-0.05, 0) is 43.9 Å². The van der Waals surface area contributed by atoms with Gasteiger partial charge in [-0.25, -0.2) is 13.8 Å². The summed E-state index contributed by atoms with van der Waals surface area (Å²) in [7, 11) is 0. The molecular formula is C14H13FN2O2. The summed E-state index contributed by atoms with van der Waals surface area (Å²) in [5.74, 6) is -0.573. The predicted octanol–water partition coefficient (Wildman–Crippen LogP) is 1.46. The van der Waals surface area contributed by atoms with Crippen LogP contribution >= 0.6 is 0 Å². The van der Waals surface area contributed by atoms with Gasteiger partial charge in [-0.3, -0.25) is 4.79 Å². The highest BCUT2D eigenvalue weighted by Crippen LogP contribution is 2.16. The molecule has 0 atom stereocenters. The Morgan fingerprint density at radius 3 is 2.84 bits per heavy atom. The van der Waals surface area contributed by atoms with Crippen LogP contribution in [0.2, 0.25) is 0 Å². The molecule has 0 radical (unpaired) electrons. The number of fused-ring (bicyclic) bond motifs is 1. The summed E-state index contributed by atoms with van der Waals surface area (Å²) in [5.41, 5.74) is 1.12. The van der Waals surface area contributed by atoms with Gasteiger partial charge in [-0.2, -0.15) is 0 Å². The molecule has 1 N–H and O–H groups in total. The minimum atomic E-state index is -0.574. The lowest BCUT2D eigenvalue weighted by molar-refractivity contribution is 0.611. The number of nitrogens with one attached hydrogen (secondary N) is 1. The Morgan fingerprint density at radius 2 is 2.05 bits per heavy atom. The van der Waals surface area contributed by atoms with Crippen LogP contribution in [0.25, 0.3) is 5.69 Å². The summed E-state index contributed by atoms with van der Waals surface area (Å²) in [4.78, 5) is 27.0. The van der Waals surface area contributed by atoms with Crippen molar-refractivity contribution in [2.75, 3.05) is 0 Å². The van der Waals surface area contributed by atoms with Gasteiger partial charge < -0.3 is 4.98 Å². The highest BCUT2D eigenvalue weighted by atomic mass is 19.1. The SMILES string of the molecule is Cc1ccc(F)c(-n2c(=O)[nH]c3c(c2=O)CCC3)c1. The van der Waals surface area contributed by atoms with Crippen LogP contribution in [0.5, 0.6) is 0 Å². The summed E-state index contributed by atoms with van der Waals surface area (Å²) >= 11 is 0. The quantitative estimate of drug-likeness (QED) is 0.844. The Balaban J connectivity index is 2.35. The molecular weight excluding hydrogens is 247 g/mol. The highest BCUT2D eigenvalue weighted by molar-refractivity contribution is 5.38. The van der Waals surface area contributed by atoms with Crippen molar-refractivity contribution in [3.63, 3.8) is 0 Å². The first-order valence-corrected chi connectivity index (χ1v) is 6.21. The van der Waals surface area contributed by atoms with Gasteiger partial charge >= 0.3 is 5.69 Å². The van der Waals surface area contributed by atoms with Gasteiger partial charge in [0.25, 0.3) is 5.56 Å². The van der Waals surface area contributed by atoms with E-state index in [0.29, 0.717) is 24.1 Å². The van der Waals surface area contributed by atoms with Crippen LogP contribution in [0.15, 0.2) is 27.8 Å². The number of hydrogen-bond donors (Lipinski definition) is 1. The number of aromatic nitrogens is 2. The van der Waals surface area contributed by atoms with Gasteiger partial charge in [0.2, 0.25) is 0 Å². The standard InChI is InChI=1S/C14H13FN2O2/c1-8-5-6-10(15)12(7-8)17-13(18)9-3-2-4-11(9)16-14(17)19/h5-7H,2-4H2,1H3,(H,16,19). The summed E-state index contributed by atoms with van der Waals surface area (Å²) in [5, 5.41) is 0. The van der Waals surface area contributed by atoms with Crippen LogP contribution in [0.4, 0.5) is 4.39 Å². The molecule has 4 nitrogen and oxygen atoms in total. The molecule has 0 saturated carbocycles. The molecule has 1 aromatic carbocycles. The minimum absolute atomic E-state index is 0.0148. The van der Waals surface area contributed by atoms with E-state index in [0.717, 1.165) is 16.6 Å². The summed E-state index contributed by atoms with van der Waals surface area (Å²) in [6.07, 6.45) is 2.19. The van der Waals surface area contributed by atoms with Crippen LogP contribution in [0, 0.1) is 12.7 Å². The van der Waals surface area contributed by atoms with Crippen LogP contribution in [0.3, 0.4) is 0 Å². The van der Waals surface area contributed by atoms with E-state index in [1.807, 2.05) is 0 Å². The molecule has 0 bridgehead atoms. The Bertz CT molecular complexity index is 774. The second-order valence-corrected chi connectivity index (χ2v) is 4.84. The number of aromatic amines is 1.